The molecule has 0 atom stereocenters. The van der Waals surface area contributed by atoms with Gasteiger partial charge >= 0.3 is 0 Å². The molecule has 0 saturated carbocycles. The maximum Gasteiger partial charge on any atom is 0.222 e. The number of nitrogens with one attached hydrogen (secondary N) is 1. The summed E-state index contributed by atoms with van der Waals surface area (Å²) in [7, 11) is 0. The van der Waals surface area contributed by atoms with E-state index < -0.39 is 5.60 Å². The average molecular weight is 377 g/mol. The molecule has 122 valence electrons. The fraction of sp³-hybridized carbons (Fsp3) is 0.412. The quantitative estimate of drug-likeness (QED) is 0.839. The summed E-state index contributed by atoms with van der Waals surface area (Å²) in [5.74, 6) is 0.596. The molecule has 1 fully saturated rings. The summed E-state index contributed by atoms with van der Waals surface area (Å²) >= 11 is 3.31. The van der Waals surface area contributed by atoms with E-state index in [1.165, 1.54) is 5.69 Å². The van der Waals surface area contributed by atoms with Crippen LogP contribution in [0.2, 0.25) is 0 Å². The largest absolute Gasteiger partial charge is 0.390 e. The van der Waals surface area contributed by atoms with Crippen LogP contribution in [0.15, 0.2) is 47.2 Å². The number of hydrogen-bond donors (Lipinski definition) is 2. The standard InChI is InChI=1S/C17H21BrN4O/c18-14-12-20-16(21-13-14)19-9-6-17(23)7-10-22(11-8-17)15-4-2-1-3-5-15/h1-5,12-13,23H,6-11H2,(H,19,20,21). The van der Waals surface area contributed by atoms with E-state index in [0.717, 1.165) is 30.4 Å². The van der Waals surface area contributed by atoms with E-state index in [0.29, 0.717) is 18.9 Å². The van der Waals surface area contributed by atoms with Gasteiger partial charge in [-0.2, -0.15) is 0 Å². The van der Waals surface area contributed by atoms with E-state index in [1.807, 2.05) is 6.07 Å². The molecular formula is C17H21BrN4O. The minimum Gasteiger partial charge on any atom is -0.390 e. The molecule has 1 aromatic heterocycles. The fourth-order valence-corrected chi connectivity index (χ4v) is 3.09. The molecule has 2 aromatic rings. The molecule has 2 N–H and O–H groups in total. The molecule has 23 heavy (non-hydrogen) atoms. The highest BCUT2D eigenvalue weighted by atomic mass is 79.9. The lowest BCUT2D eigenvalue weighted by Gasteiger charge is -2.39. The van der Waals surface area contributed by atoms with Gasteiger partial charge in [0, 0.05) is 37.7 Å². The Balaban J connectivity index is 1.47. The Kier molecular flexibility index (Phi) is 5.13. The van der Waals surface area contributed by atoms with Crippen molar-refractivity contribution in [1.29, 1.82) is 0 Å². The Morgan fingerprint density at radius 1 is 1.13 bits per heavy atom. The van der Waals surface area contributed by atoms with Gasteiger partial charge in [-0.3, -0.25) is 0 Å². The third-order valence-corrected chi connectivity index (χ3v) is 4.72. The van der Waals surface area contributed by atoms with Gasteiger partial charge in [-0.15, -0.1) is 0 Å². The van der Waals surface area contributed by atoms with Crippen molar-refractivity contribution in [1.82, 2.24) is 9.97 Å². The molecule has 1 aromatic carbocycles. The minimum absolute atomic E-state index is 0.596. The average Bonchev–Trinajstić information content (AvgIpc) is 2.58. The first-order valence-electron chi connectivity index (χ1n) is 7.88. The fourth-order valence-electron chi connectivity index (χ4n) is 2.88. The minimum atomic E-state index is -0.604. The number of nitrogens with zero attached hydrogens (tertiary/aromatic N) is 3. The van der Waals surface area contributed by atoms with Crippen molar-refractivity contribution in [3.05, 3.63) is 47.2 Å². The number of rotatable bonds is 5. The van der Waals surface area contributed by atoms with Crippen LogP contribution in [0.4, 0.5) is 11.6 Å². The van der Waals surface area contributed by atoms with E-state index in [-0.39, 0.29) is 0 Å². The van der Waals surface area contributed by atoms with Crippen LogP contribution in [0.3, 0.4) is 0 Å². The van der Waals surface area contributed by atoms with Crippen LogP contribution in [-0.4, -0.2) is 40.3 Å². The molecule has 1 aliphatic heterocycles. The maximum absolute atomic E-state index is 10.7. The predicted octanol–water partition coefficient (Wildman–Crippen LogP) is 3.07. The summed E-state index contributed by atoms with van der Waals surface area (Å²) in [6, 6.07) is 10.4. The number of benzene rings is 1. The summed E-state index contributed by atoms with van der Waals surface area (Å²) in [5.41, 5.74) is 0.629. The van der Waals surface area contributed by atoms with Crippen molar-refractivity contribution in [2.45, 2.75) is 24.9 Å². The molecule has 5 nitrogen and oxygen atoms in total. The van der Waals surface area contributed by atoms with E-state index in [2.05, 4.69) is 60.4 Å². The van der Waals surface area contributed by atoms with Crippen LogP contribution < -0.4 is 10.2 Å². The van der Waals surface area contributed by atoms with Crippen molar-refractivity contribution >= 4 is 27.6 Å². The molecule has 6 heteroatoms. The van der Waals surface area contributed by atoms with Gasteiger partial charge in [0.1, 0.15) is 0 Å². The first kappa shape index (κ1) is 16.2. The highest BCUT2D eigenvalue weighted by molar-refractivity contribution is 9.10. The van der Waals surface area contributed by atoms with Crippen LogP contribution in [0.1, 0.15) is 19.3 Å². The molecule has 3 rings (SSSR count). The van der Waals surface area contributed by atoms with Gasteiger partial charge in [-0.25, -0.2) is 9.97 Å². The zero-order chi connectivity index (χ0) is 16.1. The Labute approximate surface area is 144 Å². The Morgan fingerprint density at radius 3 is 2.43 bits per heavy atom. The monoisotopic (exact) mass is 376 g/mol. The third kappa shape index (κ3) is 4.42. The van der Waals surface area contributed by atoms with Crippen molar-refractivity contribution in [2.75, 3.05) is 29.9 Å². The van der Waals surface area contributed by atoms with Gasteiger partial charge < -0.3 is 15.3 Å². The number of para-hydroxylation sites is 1. The molecule has 0 radical (unpaired) electrons. The van der Waals surface area contributed by atoms with E-state index in [4.69, 9.17) is 0 Å². The lowest BCUT2D eigenvalue weighted by molar-refractivity contribution is 0.0113. The van der Waals surface area contributed by atoms with Crippen LogP contribution in [0.25, 0.3) is 0 Å². The summed E-state index contributed by atoms with van der Waals surface area (Å²) in [4.78, 5) is 10.7. The maximum atomic E-state index is 10.7. The SMILES string of the molecule is OC1(CCNc2ncc(Br)cn2)CCN(c2ccccc2)CC1. The Bertz CT molecular complexity index is 612. The molecular weight excluding hydrogens is 356 g/mol. The van der Waals surface area contributed by atoms with Crippen molar-refractivity contribution < 1.29 is 5.11 Å². The zero-order valence-corrected chi connectivity index (χ0v) is 14.5. The van der Waals surface area contributed by atoms with Crippen LogP contribution in [-0.2, 0) is 0 Å². The third-order valence-electron chi connectivity index (χ3n) is 4.31. The van der Waals surface area contributed by atoms with Crippen molar-refractivity contribution in [2.24, 2.45) is 0 Å². The summed E-state index contributed by atoms with van der Waals surface area (Å²) in [6.07, 6.45) is 5.69. The second-order valence-electron chi connectivity index (χ2n) is 5.95. The number of piperidine rings is 1. The van der Waals surface area contributed by atoms with Gasteiger partial charge in [-0.1, -0.05) is 18.2 Å². The molecule has 0 amide bonds. The summed E-state index contributed by atoms with van der Waals surface area (Å²) in [5, 5.41) is 13.9. The smallest absolute Gasteiger partial charge is 0.222 e. The number of halogens is 1. The van der Waals surface area contributed by atoms with Crippen LogP contribution >= 0.6 is 15.9 Å². The van der Waals surface area contributed by atoms with E-state index in [1.54, 1.807) is 12.4 Å². The van der Waals surface area contributed by atoms with Gasteiger partial charge in [0.15, 0.2) is 0 Å². The molecule has 1 saturated heterocycles. The predicted molar refractivity (Wildman–Crippen MR) is 95.7 cm³/mol. The molecule has 0 bridgehead atoms. The lowest BCUT2D eigenvalue weighted by atomic mass is 9.88. The number of aromatic nitrogens is 2. The van der Waals surface area contributed by atoms with Gasteiger partial charge in [0.05, 0.1) is 10.1 Å². The number of aliphatic hydroxyl groups is 1. The molecule has 0 aliphatic carbocycles. The number of anilines is 2. The van der Waals surface area contributed by atoms with Gasteiger partial charge in [0.25, 0.3) is 0 Å². The van der Waals surface area contributed by atoms with Crippen LogP contribution in [0.5, 0.6) is 0 Å². The van der Waals surface area contributed by atoms with Gasteiger partial charge in [0.2, 0.25) is 5.95 Å². The summed E-state index contributed by atoms with van der Waals surface area (Å²) in [6.45, 7) is 2.44. The second-order valence-corrected chi connectivity index (χ2v) is 6.86. The normalized spacial score (nSPS) is 17.0. The van der Waals surface area contributed by atoms with E-state index in [9.17, 15) is 5.11 Å². The van der Waals surface area contributed by atoms with Crippen LogP contribution in [0, 0.1) is 0 Å². The first-order chi connectivity index (χ1) is 11.1. The highest BCUT2D eigenvalue weighted by Crippen LogP contribution is 2.28. The van der Waals surface area contributed by atoms with E-state index >= 15 is 0 Å². The lowest BCUT2D eigenvalue weighted by Crippen LogP contribution is -2.45. The topological polar surface area (TPSA) is 61.3 Å². The molecule has 1 aliphatic rings. The first-order valence-corrected chi connectivity index (χ1v) is 8.68. The Morgan fingerprint density at radius 2 is 1.78 bits per heavy atom. The molecule has 0 unspecified atom stereocenters. The molecule has 2 heterocycles. The highest BCUT2D eigenvalue weighted by Gasteiger charge is 2.31. The Hall–Kier alpha value is -1.66. The zero-order valence-electron chi connectivity index (χ0n) is 13.0. The van der Waals surface area contributed by atoms with Crippen molar-refractivity contribution in [3.63, 3.8) is 0 Å². The molecule has 0 spiro atoms. The number of hydrogen-bond acceptors (Lipinski definition) is 5. The van der Waals surface area contributed by atoms with Crippen molar-refractivity contribution in [3.8, 4) is 0 Å². The summed E-state index contributed by atoms with van der Waals surface area (Å²) < 4.78 is 0.856. The van der Waals surface area contributed by atoms with Gasteiger partial charge in [-0.05, 0) is 47.3 Å². The second kappa shape index (κ2) is 7.27.